The van der Waals surface area contributed by atoms with E-state index in [1.54, 1.807) is 0 Å². The number of nitrogens with one attached hydrogen (secondary N) is 1. The third-order valence-electron chi connectivity index (χ3n) is 1.92. The number of aromatic carboxylic acids is 1. The van der Waals surface area contributed by atoms with Crippen molar-refractivity contribution in [3.8, 4) is 0 Å². The Hall–Kier alpha value is -1.87. The van der Waals surface area contributed by atoms with Gasteiger partial charge in [0.15, 0.2) is 0 Å². The van der Waals surface area contributed by atoms with Crippen LogP contribution in [0.3, 0.4) is 0 Å². The van der Waals surface area contributed by atoms with Crippen molar-refractivity contribution < 1.29 is 28.2 Å². The van der Waals surface area contributed by atoms with E-state index in [2.05, 4.69) is 0 Å². The van der Waals surface area contributed by atoms with Gasteiger partial charge in [-0.25, -0.2) is 13.2 Å². The molecule has 0 aliphatic carbocycles. The molecule has 1 aromatic heterocycles. The second-order valence-electron chi connectivity index (χ2n) is 3.20. The Labute approximate surface area is 96.5 Å². The van der Waals surface area contributed by atoms with Crippen LogP contribution in [0.5, 0.6) is 0 Å². The van der Waals surface area contributed by atoms with Gasteiger partial charge in [0.25, 0.3) is 0 Å². The van der Waals surface area contributed by atoms with Gasteiger partial charge in [-0.05, 0) is 6.07 Å². The van der Waals surface area contributed by atoms with Crippen LogP contribution in [0.15, 0.2) is 17.2 Å². The maximum Gasteiger partial charge on any atom is 0.352 e. The highest BCUT2D eigenvalue weighted by Crippen LogP contribution is 2.13. The molecule has 0 fully saturated rings. The molecule has 0 saturated carbocycles. The molecule has 0 saturated heterocycles. The first-order chi connectivity index (χ1) is 7.74. The summed E-state index contributed by atoms with van der Waals surface area (Å²) in [7, 11) is -2.63. The van der Waals surface area contributed by atoms with E-state index in [1.165, 1.54) is 7.05 Å². The van der Waals surface area contributed by atoms with Crippen molar-refractivity contribution in [3.05, 3.63) is 18.0 Å². The van der Waals surface area contributed by atoms with Gasteiger partial charge in [0.2, 0.25) is 10.0 Å². The molecule has 94 valence electrons. The molecule has 0 radical (unpaired) electrons. The maximum absolute atomic E-state index is 11.5. The van der Waals surface area contributed by atoms with Crippen molar-refractivity contribution >= 4 is 22.0 Å². The number of rotatable bonds is 5. The lowest BCUT2D eigenvalue weighted by Gasteiger charge is -2.00. The lowest BCUT2D eigenvalue weighted by atomic mass is 10.4. The van der Waals surface area contributed by atoms with Crippen LogP contribution in [0.25, 0.3) is 0 Å². The van der Waals surface area contributed by atoms with Crippen LogP contribution >= 0.6 is 0 Å². The predicted octanol–water partition coefficient (Wildman–Crippen LogP) is -0.914. The van der Waals surface area contributed by atoms with Gasteiger partial charge in [0.1, 0.15) is 17.1 Å². The minimum Gasteiger partial charge on any atom is -0.480 e. The summed E-state index contributed by atoms with van der Waals surface area (Å²) < 4.78 is 26.0. The number of hydrogen-bond donors (Lipinski definition) is 3. The van der Waals surface area contributed by atoms with Crippen molar-refractivity contribution in [1.29, 1.82) is 0 Å². The first-order valence-electron chi connectivity index (χ1n) is 4.35. The number of aliphatic carboxylic acids is 1. The highest BCUT2D eigenvalue weighted by molar-refractivity contribution is 7.89. The van der Waals surface area contributed by atoms with Gasteiger partial charge in [-0.1, -0.05) is 0 Å². The minimum atomic E-state index is -4.01. The van der Waals surface area contributed by atoms with Gasteiger partial charge >= 0.3 is 11.9 Å². The largest absolute Gasteiger partial charge is 0.480 e. The zero-order valence-electron chi connectivity index (χ0n) is 8.74. The first-order valence-corrected chi connectivity index (χ1v) is 5.83. The molecule has 1 heterocycles. The fourth-order valence-electron chi connectivity index (χ4n) is 1.13. The van der Waals surface area contributed by atoms with E-state index in [-0.39, 0.29) is 10.6 Å². The molecule has 0 aliphatic rings. The predicted molar refractivity (Wildman–Crippen MR) is 55.2 cm³/mol. The summed E-state index contributed by atoms with van der Waals surface area (Å²) in [5.74, 6) is -2.60. The standard InChI is InChI=1S/C8H10N2O6S/c1-10-4-5(2-6(10)8(13)14)17(15,16)9-3-7(11)12/h2,4,9H,3H2,1H3,(H,11,12)(H,13,14). The van der Waals surface area contributed by atoms with Crippen molar-refractivity contribution in [2.24, 2.45) is 7.05 Å². The number of carbonyl (C=O) groups is 2. The molecule has 0 amide bonds. The topological polar surface area (TPSA) is 126 Å². The average molecular weight is 262 g/mol. The molecule has 0 aliphatic heterocycles. The van der Waals surface area contributed by atoms with Gasteiger partial charge in [-0.15, -0.1) is 0 Å². The third kappa shape index (κ3) is 3.04. The van der Waals surface area contributed by atoms with Crippen LogP contribution in [0, 0.1) is 0 Å². The van der Waals surface area contributed by atoms with E-state index in [0.717, 1.165) is 16.8 Å². The fourth-order valence-corrected chi connectivity index (χ4v) is 2.18. The summed E-state index contributed by atoms with van der Waals surface area (Å²) in [6.45, 7) is -0.764. The minimum absolute atomic E-state index is 0.208. The second-order valence-corrected chi connectivity index (χ2v) is 4.96. The van der Waals surface area contributed by atoms with Gasteiger partial charge in [-0.2, -0.15) is 4.72 Å². The van der Waals surface area contributed by atoms with Crippen LogP contribution in [-0.2, 0) is 21.9 Å². The van der Waals surface area contributed by atoms with Crippen molar-refractivity contribution in [2.45, 2.75) is 4.90 Å². The zero-order chi connectivity index (χ0) is 13.2. The third-order valence-corrected chi connectivity index (χ3v) is 3.29. The number of nitrogens with zero attached hydrogens (tertiary/aromatic N) is 1. The lowest BCUT2D eigenvalue weighted by molar-refractivity contribution is -0.135. The Bertz CT molecular complexity index is 559. The van der Waals surface area contributed by atoms with Gasteiger partial charge in [0.05, 0.1) is 0 Å². The Morgan fingerprint density at radius 3 is 2.41 bits per heavy atom. The molecular formula is C8H10N2O6S. The summed E-state index contributed by atoms with van der Waals surface area (Å²) >= 11 is 0. The van der Waals surface area contributed by atoms with E-state index in [0.29, 0.717) is 0 Å². The molecule has 0 spiro atoms. The van der Waals surface area contributed by atoms with Gasteiger partial charge < -0.3 is 14.8 Å². The number of sulfonamides is 1. The molecule has 8 nitrogen and oxygen atoms in total. The van der Waals surface area contributed by atoms with Crippen LogP contribution in [0.1, 0.15) is 10.5 Å². The molecule has 9 heteroatoms. The molecule has 0 atom stereocenters. The number of carboxylic acid groups (broad SMARTS) is 2. The fraction of sp³-hybridized carbons (Fsp3) is 0.250. The van der Waals surface area contributed by atoms with Crippen LogP contribution < -0.4 is 4.72 Å². The van der Waals surface area contributed by atoms with E-state index >= 15 is 0 Å². The van der Waals surface area contributed by atoms with Crippen molar-refractivity contribution in [1.82, 2.24) is 9.29 Å². The normalized spacial score (nSPS) is 11.4. The summed E-state index contributed by atoms with van der Waals surface area (Å²) in [6.07, 6.45) is 1.09. The Morgan fingerprint density at radius 2 is 2.00 bits per heavy atom. The summed E-state index contributed by atoms with van der Waals surface area (Å²) in [5.41, 5.74) is -0.208. The van der Waals surface area contributed by atoms with Crippen LogP contribution in [-0.4, -0.2) is 41.7 Å². The lowest BCUT2D eigenvalue weighted by Crippen LogP contribution is -2.29. The number of hydrogen-bond acceptors (Lipinski definition) is 4. The van der Waals surface area contributed by atoms with Crippen LogP contribution in [0.2, 0.25) is 0 Å². The first kappa shape index (κ1) is 13.2. The van der Waals surface area contributed by atoms with E-state index < -0.39 is 28.5 Å². The summed E-state index contributed by atoms with van der Waals surface area (Å²) in [5, 5.41) is 17.1. The van der Waals surface area contributed by atoms with Gasteiger partial charge in [0, 0.05) is 13.2 Å². The summed E-state index contributed by atoms with van der Waals surface area (Å²) in [4.78, 5) is 20.6. The monoisotopic (exact) mass is 262 g/mol. The SMILES string of the molecule is Cn1cc(S(=O)(=O)NCC(=O)O)cc1C(=O)O. The highest BCUT2D eigenvalue weighted by atomic mass is 32.2. The smallest absolute Gasteiger partial charge is 0.352 e. The maximum atomic E-state index is 11.5. The quantitative estimate of drug-likeness (QED) is 0.630. The highest BCUT2D eigenvalue weighted by Gasteiger charge is 2.20. The molecule has 0 aromatic carbocycles. The molecule has 3 N–H and O–H groups in total. The Morgan fingerprint density at radius 1 is 1.41 bits per heavy atom. The molecule has 1 aromatic rings. The molecular weight excluding hydrogens is 252 g/mol. The number of carboxylic acids is 2. The Balaban J connectivity index is 3.04. The molecule has 0 unspecified atom stereocenters. The Kier molecular flexibility index (Phi) is 3.53. The molecule has 1 rings (SSSR count). The number of aromatic nitrogens is 1. The zero-order valence-corrected chi connectivity index (χ0v) is 9.56. The van der Waals surface area contributed by atoms with Crippen molar-refractivity contribution in [2.75, 3.05) is 6.54 Å². The van der Waals surface area contributed by atoms with Gasteiger partial charge in [-0.3, -0.25) is 4.79 Å². The van der Waals surface area contributed by atoms with E-state index in [9.17, 15) is 18.0 Å². The van der Waals surface area contributed by atoms with Crippen LogP contribution in [0.4, 0.5) is 0 Å². The molecule has 17 heavy (non-hydrogen) atoms. The second kappa shape index (κ2) is 4.55. The summed E-state index contributed by atoms with van der Waals surface area (Å²) in [6, 6.07) is 0.951. The van der Waals surface area contributed by atoms with E-state index in [1.807, 2.05) is 4.72 Å². The average Bonchev–Trinajstić information content (AvgIpc) is 2.58. The van der Waals surface area contributed by atoms with Crippen molar-refractivity contribution in [3.63, 3.8) is 0 Å². The molecule has 0 bridgehead atoms. The van der Waals surface area contributed by atoms with E-state index in [4.69, 9.17) is 10.2 Å². The number of aryl methyl sites for hydroxylation is 1.